The lowest BCUT2D eigenvalue weighted by molar-refractivity contribution is 0.622. The van der Waals surface area contributed by atoms with Crippen molar-refractivity contribution in [3.63, 3.8) is 0 Å². The van der Waals surface area contributed by atoms with Crippen molar-refractivity contribution in [3.8, 4) is 11.4 Å². The standard InChI is InChI=1S/C12H11FN4S/c1-3-10-16-17-7(2)11(15-12(17)18-10)9-5-4-8(13)6-14-9/h4-6H,3H2,1-2H3. The molecular formula is C12H11FN4S. The maximum absolute atomic E-state index is 12.8. The van der Waals surface area contributed by atoms with Crippen molar-refractivity contribution >= 4 is 16.3 Å². The zero-order chi connectivity index (χ0) is 12.7. The van der Waals surface area contributed by atoms with Crippen LogP contribution < -0.4 is 0 Å². The van der Waals surface area contributed by atoms with Crippen molar-refractivity contribution in [1.82, 2.24) is 19.6 Å². The van der Waals surface area contributed by atoms with Crippen molar-refractivity contribution in [2.24, 2.45) is 0 Å². The van der Waals surface area contributed by atoms with Gasteiger partial charge in [0, 0.05) is 0 Å². The summed E-state index contributed by atoms with van der Waals surface area (Å²) in [6.45, 7) is 4.01. The zero-order valence-corrected chi connectivity index (χ0v) is 10.8. The first-order valence-corrected chi connectivity index (χ1v) is 6.47. The third-order valence-electron chi connectivity index (χ3n) is 2.74. The van der Waals surface area contributed by atoms with Crippen LogP contribution in [0.2, 0.25) is 0 Å². The Hall–Kier alpha value is -1.82. The van der Waals surface area contributed by atoms with Crippen molar-refractivity contribution in [3.05, 3.63) is 34.8 Å². The fraction of sp³-hybridized carbons (Fsp3) is 0.250. The van der Waals surface area contributed by atoms with Gasteiger partial charge in [0.2, 0.25) is 4.96 Å². The minimum Gasteiger partial charge on any atom is -0.251 e. The second-order valence-electron chi connectivity index (χ2n) is 3.95. The minimum absolute atomic E-state index is 0.344. The average Bonchev–Trinajstić information content (AvgIpc) is 2.90. The summed E-state index contributed by atoms with van der Waals surface area (Å²) in [4.78, 5) is 9.42. The number of hydrogen-bond donors (Lipinski definition) is 0. The van der Waals surface area contributed by atoms with Crippen LogP contribution in [-0.2, 0) is 6.42 Å². The molecule has 0 aliphatic rings. The maximum Gasteiger partial charge on any atom is 0.213 e. The van der Waals surface area contributed by atoms with Crippen molar-refractivity contribution in [1.29, 1.82) is 0 Å². The van der Waals surface area contributed by atoms with Crippen LogP contribution in [0.15, 0.2) is 18.3 Å². The quantitative estimate of drug-likeness (QED) is 0.713. The van der Waals surface area contributed by atoms with E-state index >= 15 is 0 Å². The third kappa shape index (κ3) is 1.69. The molecule has 3 aromatic heterocycles. The van der Waals surface area contributed by atoms with E-state index in [1.54, 1.807) is 17.4 Å². The van der Waals surface area contributed by atoms with Gasteiger partial charge in [0.1, 0.15) is 16.5 Å². The molecule has 4 nitrogen and oxygen atoms in total. The van der Waals surface area contributed by atoms with Crippen LogP contribution in [-0.4, -0.2) is 19.6 Å². The Labute approximate surface area is 107 Å². The molecule has 0 unspecified atom stereocenters. The van der Waals surface area contributed by atoms with Gasteiger partial charge >= 0.3 is 0 Å². The monoisotopic (exact) mass is 262 g/mol. The van der Waals surface area contributed by atoms with E-state index < -0.39 is 0 Å². The number of aryl methyl sites for hydroxylation is 2. The van der Waals surface area contributed by atoms with Crippen LogP contribution in [0.1, 0.15) is 17.6 Å². The van der Waals surface area contributed by atoms with Crippen LogP contribution in [0, 0.1) is 12.7 Å². The molecule has 0 bridgehead atoms. The number of halogens is 1. The molecule has 0 spiro atoms. The molecule has 3 rings (SSSR count). The van der Waals surface area contributed by atoms with E-state index in [0.717, 1.165) is 27.8 Å². The molecule has 6 heteroatoms. The first-order chi connectivity index (χ1) is 8.69. The summed E-state index contributed by atoms with van der Waals surface area (Å²) in [6.07, 6.45) is 2.10. The number of aromatic nitrogens is 4. The SMILES string of the molecule is CCc1nn2c(C)c(-c3ccc(F)cn3)nc2s1. The van der Waals surface area contributed by atoms with Gasteiger partial charge in [-0.1, -0.05) is 18.3 Å². The Kier molecular flexibility index (Phi) is 2.59. The number of fused-ring (bicyclic) bond motifs is 1. The van der Waals surface area contributed by atoms with E-state index in [9.17, 15) is 4.39 Å². The molecule has 0 atom stereocenters. The fourth-order valence-electron chi connectivity index (χ4n) is 1.79. The molecule has 3 heterocycles. The number of imidazole rings is 1. The summed E-state index contributed by atoms with van der Waals surface area (Å²) in [7, 11) is 0. The van der Waals surface area contributed by atoms with Crippen LogP contribution in [0.5, 0.6) is 0 Å². The molecule has 92 valence electrons. The van der Waals surface area contributed by atoms with Crippen molar-refractivity contribution in [2.75, 3.05) is 0 Å². The summed E-state index contributed by atoms with van der Waals surface area (Å²) < 4.78 is 14.7. The molecule has 0 aliphatic heterocycles. The second kappa shape index (κ2) is 4.13. The topological polar surface area (TPSA) is 43.1 Å². The highest BCUT2D eigenvalue weighted by Gasteiger charge is 2.14. The molecule has 0 aromatic carbocycles. The van der Waals surface area contributed by atoms with Gasteiger partial charge in [-0.15, -0.1) is 0 Å². The molecule has 0 aliphatic carbocycles. The molecule has 0 fully saturated rings. The Morgan fingerprint density at radius 3 is 2.83 bits per heavy atom. The summed E-state index contributed by atoms with van der Waals surface area (Å²) in [5.74, 6) is -0.344. The lowest BCUT2D eigenvalue weighted by Crippen LogP contribution is -1.92. The van der Waals surface area contributed by atoms with E-state index in [1.807, 2.05) is 11.4 Å². The Bertz CT molecular complexity index is 699. The normalized spacial score (nSPS) is 11.3. The first-order valence-electron chi connectivity index (χ1n) is 5.66. The number of pyridine rings is 1. The van der Waals surface area contributed by atoms with Gasteiger partial charge in [0.25, 0.3) is 0 Å². The van der Waals surface area contributed by atoms with Crippen LogP contribution in [0.25, 0.3) is 16.3 Å². The molecule has 0 saturated carbocycles. The van der Waals surface area contributed by atoms with Crippen molar-refractivity contribution < 1.29 is 4.39 Å². The Morgan fingerprint density at radius 2 is 2.22 bits per heavy atom. The van der Waals surface area contributed by atoms with Crippen LogP contribution in [0.3, 0.4) is 0 Å². The number of nitrogens with zero attached hydrogens (tertiary/aromatic N) is 4. The third-order valence-corrected chi connectivity index (χ3v) is 3.79. The van der Waals surface area contributed by atoms with E-state index in [-0.39, 0.29) is 5.82 Å². The Balaban J connectivity index is 2.15. The summed E-state index contributed by atoms with van der Waals surface area (Å²) in [5, 5.41) is 5.52. The van der Waals surface area contributed by atoms with Crippen molar-refractivity contribution in [2.45, 2.75) is 20.3 Å². The van der Waals surface area contributed by atoms with Gasteiger partial charge in [0.05, 0.1) is 17.6 Å². The summed E-state index contributed by atoms with van der Waals surface area (Å²) in [5.41, 5.74) is 2.36. The lowest BCUT2D eigenvalue weighted by Gasteiger charge is -1.97. The fourth-order valence-corrected chi connectivity index (χ4v) is 2.67. The molecule has 0 saturated heterocycles. The summed E-state index contributed by atoms with van der Waals surface area (Å²) in [6, 6.07) is 3.02. The molecule has 0 radical (unpaired) electrons. The lowest BCUT2D eigenvalue weighted by atomic mass is 10.2. The molecule has 18 heavy (non-hydrogen) atoms. The van der Waals surface area contributed by atoms with Gasteiger partial charge in [-0.3, -0.25) is 4.98 Å². The molecular weight excluding hydrogens is 251 g/mol. The highest BCUT2D eigenvalue weighted by Crippen LogP contribution is 2.25. The molecule has 0 N–H and O–H groups in total. The van der Waals surface area contributed by atoms with Gasteiger partial charge in [0.15, 0.2) is 0 Å². The van der Waals surface area contributed by atoms with E-state index in [1.165, 1.54) is 12.3 Å². The van der Waals surface area contributed by atoms with E-state index in [4.69, 9.17) is 0 Å². The molecule has 0 amide bonds. The highest BCUT2D eigenvalue weighted by molar-refractivity contribution is 7.16. The smallest absolute Gasteiger partial charge is 0.213 e. The Morgan fingerprint density at radius 1 is 1.39 bits per heavy atom. The highest BCUT2D eigenvalue weighted by atomic mass is 32.1. The summed E-state index contributed by atoms with van der Waals surface area (Å²) >= 11 is 1.57. The largest absolute Gasteiger partial charge is 0.251 e. The average molecular weight is 262 g/mol. The zero-order valence-electron chi connectivity index (χ0n) is 10.0. The van der Waals surface area contributed by atoms with Crippen LogP contribution in [0.4, 0.5) is 4.39 Å². The van der Waals surface area contributed by atoms with Gasteiger partial charge < -0.3 is 0 Å². The predicted molar refractivity (Wildman–Crippen MR) is 68.2 cm³/mol. The van der Waals surface area contributed by atoms with Gasteiger partial charge in [-0.2, -0.15) is 5.10 Å². The van der Waals surface area contributed by atoms with Gasteiger partial charge in [-0.05, 0) is 25.5 Å². The maximum atomic E-state index is 12.8. The number of rotatable bonds is 2. The van der Waals surface area contributed by atoms with E-state index in [0.29, 0.717) is 5.69 Å². The van der Waals surface area contributed by atoms with Gasteiger partial charge in [-0.25, -0.2) is 13.9 Å². The molecule has 3 aromatic rings. The minimum atomic E-state index is -0.344. The predicted octanol–water partition coefficient (Wildman–Crippen LogP) is 2.86. The second-order valence-corrected chi connectivity index (χ2v) is 4.99. The number of hydrogen-bond acceptors (Lipinski definition) is 4. The van der Waals surface area contributed by atoms with Crippen LogP contribution >= 0.6 is 11.3 Å². The van der Waals surface area contributed by atoms with E-state index in [2.05, 4.69) is 22.0 Å². The first kappa shape index (κ1) is 11.3.